The first kappa shape index (κ1) is 20.8. The van der Waals surface area contributed by atoms with Crippen LogP contribution in [0.4, 0.5) is 4.39 Å². The highest BCUT2D eigenvalue weighted by molar-refractivity contribution is 6.05. The molecule has 5 rings (SSSR count). The highest BCUT2D eigenvalue weighted by Gasteiger charge is 2.41. The van der Waals surface area contributed by atoms with Crippen molar-refractivity contribution < 1.29 is 18.8 Å². The molecule has 0 bridgehead atoms. The zero-order valence-electron chi connectivity index (χ0n) is 18.0. The number of benzene rings is 1. The van der Waals surface area contributed by atoms with Gasteiger partial charge in [-0.05, 0) is 61.5 Å². The molecule has 0 aliphatic carbocycles. The van der Waals surface area contributed by atoms with Crippen molar-refractivity contribution in [3.63, 3.8) is 0 Å². The van der Waals surface area contributed by atoms with Gasteiger partial charge in [-0.3, -0.25) is 24.6 Å². The molecule has 0 spiro atoms. The number of imide groups is 1. The first-order chi connectivity index (χ1) is 15.4. The van der Waals surface area contributed by atoms with Crippen molar-refractivity contribution in [2.45, 2.75) is 50.7 Å². The Labute approximate surface area is 185 Å². The normalized spacial score (nSPS) is 22.4. The summed E-state index contributed by atoms with van der Waals surface area (Å²) in [6.45, 7) is 2.80. The van der Waals surface area contributed by atoms with Crippen molar-refractivity contribution >= 4 is 17.7 Å². The van der Waals surface area contributed by atoms with Crippen LogP contribution in [-0.2, 0) is 29.7 Å². The van der Waals surface area contributed by atoms with Crippen LogP contribution in [0.25, 0.3) is 0 Å². The standard InChI is InChI=1S/C23H26FN5O3/c1-27-9-6-25-20(27)13-28-7-4-14(5-8-28)16-10-15(24)11-17-18(16)12-29(23(17)32)19-2-3-21(30)26-22(19)31/h6,9-11,14,19H,2-5,7-8,12-13H2,1H3,(H,26,30,31). The molecule has 168 valence electrons. The fourth-order valence-corrected chi connectivity index (χ4v) is 5.17. The van der Waals surface area contributed by atoms with Crippen LogP contribution in [0.15, 0.2) is 24.5 Å². The van der Waals surface area contributed by atoms with Crippen molar-refractivity contribution in [1.29, 1.82) is 0 Å². The maximum absolute atomic E-state index is 14.5. The molecular weight excluding hydrogens is 413 g/mol. The summed E-state index contributed by atoms with van der Waals surface area (Å²) in [5.74, 6) is -0.353. The summed E-state index contributed by atoms with van der Waals surface area (Å²) in [6.07, 6.45) is 5.96. The van der Waals surface area contributed by atoms with E-state index in [0.29, 0.717) is 12.0 Å². The molecule has 1 N–H and O–H groups in total. The topological polar surface area (TPSA) is 87.5 Å². The molecule has 1 aromatic heterocycles. The second kappa shape index (κ2) is 8.12. The van der Waals surface area contributed by atoms with Crippen LogP contribution in [0.1, 0.15) is 58.9 Å². The predicted molar refractivity (Wildman–Crippen MR) is 113 cm³/mol. The van der Waals surface area contributed by atoms with Gasteiger partial charge in [0.2, 0.25) is 11.8 Å². The molecule has 1 atom stereocenters. The smallest absolute Gasteiger partial charge is 0.255 e. The maximum Gasteiger partial charge on any atom is 0.255 e. The molecule has 9 heteroatoms. The van der Waals surface area contributed by atoms with Crippen LogP contribution in [-0.4, -0.2) is 56.2 Å². The van der Waals surface area contributed by atoms with E-state index in [-0.39, 0.29) is 30.7 Å². The van der Waals surface area contributed by atoms with Crippen molar-refractivity contribution in [1.82, 2.24) is 24.7 Å². The number of amides is 3. The number of likely N-dealkylation sites (tertiary alicyclic amines) is 1. The fourth-order valence-electron chi connectivity index (χ4n) is 5.17. The summed E-state index contributed by atoms with van der Waals surface area (Å²) in [7, 11) is 1.98. The molecule has 3 aliphatic heterocycles. The van der Waals surface area contributed by atoms with E-state index in [4.69, 9.17) is 0 Å². The summed E-state index contributed by atoms with van der Waals surface area (Å²) >= 11 is 0. The number of halogens is 1. The molecule has 2 fully saturated rings. The van der Waals surface area contributed by atoms with Gasteiger partial charge in [0.25, 0.3) is 5.91 Å². The second-order valence-corrected chi connectivity index (χ2v) is 8.93. The lowest BCUT2D eigenvalue weighted by atomic mass is 9.85. The minimum absolute atomic E-state index is 0.159. The Morgan fingerprint density at radius 1 is 1.16 bits per heavy atom. The molecule has 32 heavy (non-hydrogen) atoms. The van der Waals surface area contributed by atoms with E-state index in [2.05, 4.69) is 15.2 Å². The highest BCUT2D eigenvalue weighted by atomic mass is 19.1. The first-order valence-corrected chi connectivity index (χ1v) is 11.1. The number of carbonyl (C=O) groups excluding carboxylic acids is 3. The molecule has 1 aromatic carbocycles. The Morgan fingerprint density at radius 3 is 2.62 bits per heavy atom. The Morgan fingerprint density at radius 2 is 1.94 bits per heavy atom. The van der Waals surface area contributed by atoms with Crippen LogP contribution in [0.2, 0.25) is 0 Å². The zero-order chi connectivity index (χ0) is 22.4. The van der Waals surface area contributed by atoms with Gasteiger partial charge in [-0.2, -0.15) is 0 Å². The number of rotatable bonds is 4. The number of nitrogens with one attached hydrogen (secondary N) is 1. The largest absolute Gasteiger partial charge is 0.337 e. The van der Waals surface area contributed by atoms with Crippen molar-refractivity contribution in [3.8, 4) is 0 Å². The lowest BCUT2D eigenvalue weighted by Gasteiger charge is -2.33. The predicted octanol–water partition coefficient (Wildman–Crippen LogP) is 1.70. The number of hydrogen-bond acceptors (Lipinski definition) is 5. The molecule has 2 aromatic rings. The molecule has 0 saturated carbocycles. The molecule has 1 unspecified atom stereocenters. The van der Waals surface area contributed by atoms with Gasteiger partial charge in [-0.15, -0.1) is 0 Å². The van der Waals surface area contributed by atoms with E-state index >= 15 is 0 Å². The van der Waals surface area contributed by atoms with Gasteiger partial charge in [0.15, 0.2) is 0 Å². The second-order valence-electron chi connectivity index (χ2n) is 8.93. The third-order valence-electron chi connectivity index (χ3n) is 6.97. The van der Waals surface area contributed by atoms with Crippen molar-refractivity contribution in [3.05, 3.63) is 52.9 Å². The Kier molecular flexibility index (Phi) is 5.28. The first-order valence-electron chi connectivity index (χ1n) is 11.1. The van der Waals surface area contributed by atoms with Crippen LogP contribution in [0.3, 0.4) is 0 Å². The number of carbonyl (C=O) groups is 3. The van der Waals surface area contributed by atoms with E-state index in [1.54, 1.807) is 12.3 Å². The molecule has 3 amide bonds. The molecule has 0 radical (unpaired) electrons. The Balaban J connectivity index is 1.33. The monoisotopic (exact) mass is 439 g/mol. The number of fused-ring (bicyclic) bond motifs is 1. The molecule has 8 nitrogen and oxygen atoms in total. The number of hydrogen-bond donors (Lipinski definition) is 1. The Bertz CT molecular complexity index is 1090. The molecule has 4 heterocycles. The van der Waals surface area contributed by atoms with Crippen LogP contribution < -0.4 is 5.32 Å². The molecule has 2 saturated heterocycles. The average Bonchev–Trinajstić information content (AvgIpc) is 3.31. The van der Waals surface area contributed by atoms with E-state index in [1.165, 1.54) is 11.0 Å². The number of imidazole rings is 1. The average molecular weight is 439 g/mol. The van der Waals surface area contributed by atoms with Gasteiger partial charge >= 0.3 is 0 Å². The van der Waals surface area contributed by atoms with Crippen LogP contribution in [0, 0.1) is 5.82 Å². The number of aryl methyl sites for hydroxylation is 1. The van der Waals surface area contributed by atoms with E-state index in [1.807, 2.05) is 17.8 Å². The van der Waals surface area contributed by atoms with E-state index < -0.39 is 17.8 Å². The van der Waals surface area contributed by atoms with E-state index in [9.17, 15) is 18.8 Å². The third-order valence-corrected chi connectivity index (χ3v) is 6.97. The number of aromatic nitrogens is 2. The SMILES string of the molecule is Cn1ccnc1CN1CCC(c2cc(F)cc3c2CN(C2CCC(=O)NC2=O)C3=O)CC1. The van der Waals surface area contributed by atoms with Gasteiger partial charge in [-0.1, -0.05) is 0 Å². The Hall–Kier alpha value is -3.07. The number of piperidine rings is 2. The summed E-state index contributed by atoms with van der Waals surface area (Å²) in [5.41, 5.74) is 2.04. The third kappa shape index (κ3) is 3.70. The van der Waals surface area contributed by atoms with Crippen molar-refractivity contribution in [2.75, 3.05) is 13.1 Å². The fraction of sp³-hybridized carbons (Fsp3) is 0.478. The van der Waals surface area contributed by atoms with Gasteiger partial charge in [0.1, 0.15) is 17.7 Å². The van der Waals surface area contributed by atoms with Crippen LogP contribution >= 0.6 is 0 Å². The zero-order valence-corrected chi connectivity index (χ0v) is 18.0. The van der Waals surface area contributed by atoms with Gasteiger partial charge in [-0.25, -0.2) is 9.37 Å². The summed E-state index contributed by atoms with van der Waals surface area (Å²) in [4.78, 5) is 45.1. The van der Waals surface area contributed by atoms with Crippen molar-refractivity contribution in [2.24, 2.45) is 7.05 Å². The lowest BCUT2D eigenvalue weighted by Crippen LogP contribution is -2.52. The molecular formula is C23H26FN5O3. The summed E-state index contributed by atoms with van der Waals surface area (Å²) in [5, 5.41) is 2.31. The minimum Gasteiger partial charge on any atom is -0.337 e. The lowest BCUT2D eigenvalue weighted by molar-refractivity contribution is -0.136. The van der Waals surface area contributed by atoms with Gasteiger partial charge in [0.05, 0.1) is 6.54 Å². The maximum atomic E-state index is 14.5. The summed E-state index contributed by atoms with van der Waals surface area (Å²) < 4.78 is 16.5. The van der Waals surface area contributed by atoms with Gasteiger partial charge < -0.3 is 9.47 Å². The quantitative estimate of drug-likeness (QED) is 0.733. The minimum atomic E-state index is -0.692. The summed E-state index contributed by atoms with van der Waals surface area (Å²) in [6, 6.07) is 2.14. The van der Waals surface area contributed by atoms with E-state index in [0.717, 1.165) is 49.4 Å². The molecule has 3 aliphatic rings. The van der Waals surface area contributed by atoms with Gasteiger partial charge in [0, 0.05) is 38.0 Å². The van der Waals surface area contributed by atoms with Crippen LogP contribution in [0.5, 0.6) is 0 Å². The number of nitrogens with zero attached hydrogens (tertiary/aromatic N) is 4. The highest BCUT2D eigenvalue weighted by Crippen LogP contribution is 2.37.